The van der Waals surface area contributed by atoms with Crippen molar-refractivity contribution in [2.45, 2.75) is 56.9 Å². The predicted molar refractivity (Wildman–Crippen MR) is 104 cm³/mol. The monoisotopic (exact) mass is 348 g/mol. The normalized spacial score (nSPS) is 30.4. The van der Waals surface area contributed by atoms with Gasteiger partial charge in [0.15, 0.2) is 0 Å². The molecule has 1 aromatic heterocycles. The van der Waals surface area contributed by atoms with Gasteiger partial charge < -0.3 is 9.64 Å². The minimum Gasteiger partial charge on any atom is -0.439 e. The van der Waals surface area contributed by atoms with Crippen LogP contribution in [-0.4, -0.2) is 29.5 Å². The summed E-state index contributed by atoms with van der Waals surface area (Å²) >= 11 is 0. The largest absolute Gasteiger partial charge is 0.439 e. The Morgan fingerprint density at radius 3 is 2.96 bits per heavy atom. The number of likely N-dealkylation sites (tertiary alicyclic amines) is 1. The fourth-order valence-corrected chi connectivity index (χ4v) is 5.93. The van der Waals surface area contributed by atoms with Crippen molar-refractivity contribution in [2.75, 3.05) is 13.6 Å². The van der Waals surface area contributed by atoms with Gasteiger partial charge in [0.1, 0.15) is 5.75 Å². The summed E-state index contributed by atoms with van der Waals surface area (Å²) in [4.78, 5) is 7.13. The second-order valence-corrected chi connectivity index (χ2v) is 8.55. The molecule has 1 aliphatic heterocycles. The molecule has 0 unspecified atom stereocenters. The van der Waals surface area contributed by atoms with Crippen LogP contribution >= 0.6 is 0 Å². The average Bonchev–Trinajstić information content (AvgIpc) is 2.65. The van der Waals surface area contributed by atoms with Crippen molar-refractivity contribution < 1.29 is 4.74 Å². The number of aromatic nitrogens is 1. The number of nitrogens with zero attached hydrogens (tertiary/aromatic N) is 2. The van der Waals surface area contributed by atoms with Crippen LogP contribution in [0.25, 0.3) is 0 Å². The van der Waals surface area contributed by atoms with Gasteiger partial charge in [0.05, 0.1) is 0 Å². The van der Waals surface area contributed by atoms with Crippen LogP contribution in [0.4, 0.5) is 0 Å². The zero-order valence-corrected chi connectivity index (χ0v) is 15.9. The molecule has 1 saturated carbocycles. The van der Waals surface area contributed by atoms with Gasteiger partial charge in [-0.3, -0.25) is 0 Å². The molecule has 136 valence electrons. The minimum absolute atomic E-state index is 0.377. The van der Waals surface area contributed by atoms with Crippen molar-refractivity contribution in [3.8, 4) is 11.6 Å². The van der Waals surface area contributed by atoms with Crippen molar-refractivity contribution in [3.63, 3.8) is 0 Å². The Morgan fingerprint density at radius 1 is 1.15 bits per heavy atom. The lowest BCUT2D eigenvalue weighted by Crippen LogP contribution is -2.59. The third kappa shape index (κ3) is 2.48. The number of aryl methyl sites for hydroxylation is 1. The van der Waals surface area contributed by atoms with E-state index >= 15 is 0 Å². The van der Waals surface area contributed by atoms with Gasteiger partial charge in [0, 0.05) is 23.2 Å². The lowest BCUT2D eigenvalue weighted by molar-refractivity contribution is 0.00276. The molecule has 0 radical (unpaired) electrons. The van der Waals surface area contributed by atoms with Crippen LogP contribution in [0.3, 0.4) is 0 Å². The van der Waals surface area contributed by atoms with E-state index in [0.29, 0.717) is 11.3 Å². The molecule has 5 rings (SSSR count). The first-order chi connectivity index (χ1) is 12.7. The van der Waals surface area contributed by atoms with Gasteiger partial charge in [-0.15, -0.1) is 0 Å². The lowest BCUT2D eigenvalue weighted by atomic mass is 9.52. The summed E-state index contributed by atoms with van der Waals surface area (Å²) in [6.45, 7) is 3.23. The molecular formula is C23H28N2O. The van der Waals surface area contributed by atoms with Crippen LogP contribution < -0.4 is 4.74 Å². The Morgan fingerprint density at radius 2 is 2.08 bits per heavy atom. The summed E-state index contributed by atoms with van der Waals surface area (Å²) in [5, 5.41) is 0. The van der Waals surface area contributed by atoms with Crippen molar-refractivity contribution in [2.24, 2.45) is 5.92 Å². The van der Waals surface area contributed by atoms with Gasteiger partial charge >= 0.3 is 0 Å². The van der Waals surface area contributed by atoms with Crippen LogP contribution in [0.15, 0.2) is 36.4 Å². The Labute approximate surface area is 156 Å². The highest BCUT2D eigenvalue weighted by Gasteiger charge is 2.53. The summed E-state index contributed by atoms with van der Waals surface area (Å²) < 4.78 is 6.14. The molecule has 26 heavy (non-hydrogen) atoms. The van der Waals surface area contributed by atoms with Gasteiger partial charge in [0.2, 0.25) is 5.88 Å². The Kier molecular flexibility index (Phi) is 3.82. The number of hydrogen-bond acceptors (Lipinski definition) is 3. The molecule has 2 bridgehead atoms. The lowest BCUT2D eigenvalue weighted by Gasteiger charge is -2.58. The first-order valence-corrected chi connectivity index (χ1v) is 10.1. The summed E-state index contributed by atoms with van der Waals surface area (Å²) in [7, 11) is 2.33. The summed E-state index contributed by atoms with van der Waals surface area (Å²) in [5.41, 5.74) is 4.49. The summed E-state index contributed by atoms with van der Waals surface area (Å²) in [5.74, 6) is 2.45. The Hall–Kier alpha value is -1.87. The first-order valence-electron chi connectivity index (χ1n) is 10.1. The van der Waals surface area contributed by atoms with Crippen LogP contribution in [0.1, 0.15) is 48.9 Å². The summed E-state index contributed by atoms with van der Waals surface area (Å²) in [6, 6.07) is 13.5. The number of hydrogen-bond donors (Lipinski definition) is 0. The maximum atomic E-state index is 6.14. The predicted octanol–water partition coefficient (Wildman–Crippen LogP) is 4.87. The molecule has 1 aromatic carbocycles. The highest BCUT2D eigenvalue weighted by Crippen LogP contribution is 2.56. The molecule has 3 atom stereocenters. The van der Waals surface area contributed by atoms with E-state index < -0.39 is 0 Å². The number of benzene rings is 1. The molecule has 0 amide bonds. The van der Waals surface area contributed by atoms with Gasteiger partial charge in [0.25, 0.3) is 0 Å². The molecule has 3 nitrogen and oxygen atoms in total. The van der Waals surface area contributed by atoms with Crippen molar-refractivity contribution in [1.82, 2.24) is 9.88 Å². The number of likely N-dealkylation sites (N-methyl/N-ethyl adjacent to an activating group) is 1. The highest BCUT2D eigenvalue weighted by atomic mass is 16.5. The average molecular weight is 348 g/mol. The number of piperidine rings is 1. The maximum absolute atomic E-state index is 6.14. The van der Waals surface area contributed by atoms with E-state index in [-0.39, 0.29) is 0 Å². The number of rotatable bonds is 2. The molecule has 2 heterocycles. The molecule has 2 fully saturated rings. The number of ether oxygens (including phenoxy) is 1. The Bertz CT molecular complexity index is 833. The molecular weight excluding hydrogens is 320 g/mol. The smallest absolute Gasteiger partial charge is 0.219 e. The van der Waals surface area contributed by atoms with E-state index in [4.69, 9.17) is 4.74 Å². The number of pyridine rings is 1. The van der Waals surface area contributed by atoms with E-state index in [1.54, 1.807) is 11.1 Å². The van der Waals surface area contributed by atoms with E-state index in [9.17, 15) is 0 Å². The van der Waals surface area contributed by atoms with Gasteiger partial charge in [-0.1, -0.05) is 25.0 Å². The second-order valence-electron chi connectivity index (χ2n) is 8.55. The van der Waals surface area contributed by atoms with Crippen LogP contribution in [0, 0.1) is 12.8 Å². The van der Waals surface area contributed by atoms with E-state index in [0.717, 1.165) is 23.4 Å². The maximum Gasteiger partial charge on any atom is 0.219 e. The topological polar surface area (TPSA) is 25.4 Å². The highest BCUT2D eigenvalue weighted by molar-refractivity contribution is 5.46. The SMILES string of the molecule is Cc1cccc(Oc2ccc3c(c2)[C@]24CCCC[C@@H]2[C@@H](C3)N(C)CC4)n1. The van der Waals surface area contributed by atoms with Gasteiger partial charge in [-0.2, -0.15) is 0 Å². The molecule has 0 spiro atoms. The summed E-state index contributed by atoms with van der Waals surface area (Å²) in [6.07, 6.45) is 8.00. The van der Waals surface area contributed by atoms with Crippen LogP contribution in [0.2, 0.25) is 0 Å². The van der Waals surface area contributed by atoms with Gasteiger partial charge in [-0.05, 0) is 81.4 Å². The standard InChI is InChI=1S/C23H28N2O/c1-16-6-5-8-22(24-16)26-18-10-9-17-14-21-19-7-3-4-11-23(19,20(17)15-18)12-13-25(21)2/h5-6,8-10,15,19,21H,3-4,7,11-14H2,1-2H3/t19-,21-,23+/m1/s1. The van der Waals surface area contributed by atoms with Crippen molar-refractivity contribution in [3.05, 3.63) is 53.2 Å². The fourth-order valence-electron chi connectivity index (χ4n) is 5.93. The molecule has 0 N–H and O–H groups in total. The second kappa shape index (κ2) is 6.09. The molecule has 2 aromatic rings. The fraction of sp³-hybridized carbons (Fsp3) is 0.522. The Balaban J connectivity index is 1.55. The minimum atomic E-state index is 0.377. The zero-order valence-electron chi connectivity index (χ0n) is 15.9. The van der Waals surface area contributed by atoms with Crippen LogP contribution in [-0.2, 0) is 11.8 Å². The molecule has 1 saturated heterocycles. The third-order valence-corrected chi connectivity index (χ3v) is 7.17. The van der Waals surface area contributed by atoms with Crippen molar-refractivity contribution >= 4 is 0 Å². The van der Waals surface area contributed by atoms with E-state index in [2.05, 4.69) is 35.1 Å². The number of fused-ring (bicyclic) bond motifs is 1. The van der Waals surface area contributed by atoms with Crippen LogP contribution in [0.5, 0.6) is 11.6 Å². The molecule has 3 aliphatic rings. The quantitative estimate of drug-likeness (QED) is 0.774. The zero-order chi connectivity index (χ0) is 17.7. The van der Waals surface area contributed by atoms with Gasteiger partial charge in [-0.25, -0.2) is 4.98 Å². The first kappa shape index (κ1) is 16.3. The van der Waals surface area contributed by atoms with Crippen molar-refractivity contribution in [1.29, 1.82) is 0 Å². The van der Waals surface area contributed by atoms with E-state index in [1.165, 1.54) is 45.1 Å². The third-order valence-electron chi connectivity index (χ3n) is 7.17. The van der Waals surface area contributed by atoms with E-state index in [1.807, 2.05) is 25.1 Å². The molecule has 3 heteroatoms. The molecule has 2 aliphatic carbocycles.